The summed E-state index contributed by atoms with van der Waals surface area (Å²) in [5.74, 6) is 1.49. The number of halogens is 1. The van der Waals surface area contributed by atoms with Crippen molar-refractivity contribution in [2.24, 2.45) is 0 Å². The molecule has 0 radical (unpaired) electrons. The van der Waals surface area contributed by atoms with Crippen molar-refractivity contribution in [3.05, 3.63) is 119 Å². The van der Waals surface area contributed by atoms with Crippen LogP contribution in [0.2, 0.25) is 5.02 Å². The quantitative estimate of drug-likeness (QED) is 0.213. The molecule has 0 fully saturated rings. The smallest absolute Gasteiger partial charge is 0.240 e. The molecule has 3 aromatic carbocycles. The molecule has 0 saturated carbocycles. The van der Waals surface area contributed by atoms with Crippen LogP contribution in [0.1, 0.15) is 27.7 Å². The van der Waals surface area contributed by atoms with E-state index in [1.54, 1.807) is 35.1 Å². The minimum absolute atomic E-state index is 0.150. The molecular formula is C33H29ClN4O4S. The number of ether oxygens (including phenoxy) is 1. The maximum Gasteiger partial charge on any atom is 0.240 e. The van der Waals surface area contributed by atoms with Crippen molar-refractivity contribution in [1.82, 2.24) is 15.1 Å². The molecule has 1 N–H and O–H groups in total. The Morgan fingerprint density at radius 1 is 1.07 bits per heavy atom. The van der Waals surface area contributed by atoms with E-state index in [0.717, 1.165) is 27.9 Å². The van der Waals surface area contributed by atoms with Gasteiger partial charge < -0.3 is 14.5 Å². The molecule has 1 aliphatic rings. The van der Waals surface area contributed by atoms with Crippen LogP contribution in [-0.4, -0.2) is 41.0 Å². The van der Waals surface area contributed by atoms with Crippen molar-refractivity contribution in [2.75, 3.05) is 24.3 Å². The number of anilines is 1. The average Bonchev–Trinajstić information content (AvgIpc) is 3.66. The van der Waals surface area contributed by atoms with E-state index in [1.807, 2.05) is 79.7 Å². The van der Waals surface area contributed by atoms with E-state index in [9.17, 15) is 9.59 Å². The minimum atomic E-state index is -0.323. The van der Waals surface area contributed by atoms with Gasteiger partial charge in [-0.2, -0.15) is 5.10 Å². The number of carbonyl (C=O) groups is 2. The normalized spacial score (nSPS) is 14.7. The molecule has 0 saturated heterocycles. The van der Waals surface area contributed by atoms with Gasteiger partial charge in [0.15, 0.2) is 0 Å². The van der Waals surface area contributed by atoms with Gasteiger partial charge in [-0.1, -0.05) is 59.6 Å². The van der Waals surface area contributed by atoms with E-state index in [-0.39, 0.29) is 35.9 Å². The Hall–Kier alpha value is -4.47. The number of furan rings is 1. The fraction of sp³-hybridized carbons (Fsp3) is 0.182. The van der Waals surface area contributed by atoms with Gasteiger partial charge >= 0.3 is 0 Å². The largest absolute Gasteiger partial charge is 0.496 e. The molecular weight excluding hydrogens is 584 g/mol. The van der Waals surface area contributed by atoms with Crippen LogP contribution in [0, 0.1) is 6.92 Å². The zero-order chi connectivity index (χ0) is 29.9. The number of carbonyl (C=O) groups excluding carboxylic acids is 2. The van der Waals surface area contributed by atoms with E-state index < -0.39 is 0 Å². The zero-order valence-corrected chi connectivity index (χ0v) is 25.2. The summed E-state index contributed by atoms with van der Waals surface area (Å²) in [5.41, 5.74) is 5.10. The standard InChI is InChI=1S/C33H29ClN4O4S/c1-21-9-15-24(16-10-21)38-33-30(31(36-38)22-11-13-23(34)14-12-22)32(26-7-3-4-8-27(26)41-2)43-20-29(40)37(33)19-28(39)35-18-25-6-5-17-42-25/h3-17,32H,18-20H2,1-2H3,(H,35,39)/t32-/m1/s1. The molecule has 3 heterocycles. The molecule has 1 aliphatic heterocycles. The molecule has 43 heavy (non-hydrogen) atoms. The lowest BCUT2D eigenvalue weighted by atomic mass is 9.99. The summed E-state index contributed by atoms with van der Waals surface area (Å²) in [6.45, 7) is 2.04. The van der Waals surface area contributed by atoms with Crippen LogP contribution in [0.4, 0.5) is 5.82 Å². The SMILES string of the molecule is COc1ccccc1[C@H]1SCC(=O)N(CC(=O)NCc2ccco2)c2c1c(-c1ccc(Cl)cc1)nn2-c1ccc(C)cc1. The number of methoxy groups -OCH3 is 1. The Bertz CT molecular complexity index is 1750. The van der Waals surface area contributed by atoms with E-state index in [1.165, 1.54) is 11.8 Å². The number of hydrogen-bond acceptors (Lipinski definition) is 6. The van der Waals surface area contributed by atoms with Crippen molar-refractivity contribution < 1.29 is 18.7 Å². The van der Waals surface area contributed by atoms with Crippen LogP contribution in [0.25, 0.3) is 16.9 Å². The summed E-state index contributed by atoms with van der Waals surface area (Å²) < 4.78 is 12.9. The van der Waals surface area contributed by atoms with Crippen LogP contribution in [0.5, 0.6) is 5.75 Å². The average molecular weight is 613 g/mol. The Morgan fingerprint density at radius 3 is 2.56 bits per heavy atom. The molecule has 0 bridgehead atoms. The number of aromatic nitrogens is 2. The van der Waals surface area contributed by atoms with E-state index in [2.05, 4.69) is 5.32 Å². The third-order valence-corrected chi connectivity index (χ3v) is 8.74. The van der Waals surface area contributed by atoms with Gasteiger partial charge in [0, 0.05) is 21.7 Å². The number of hydrogen-bond donors (Lipinski definition) is 1. The van der Waals surface area contributed by atoms with Crippen LogP contribution in [0.3, 0.4) is 0 Å². The van der Waals surface area contributed by atoms with Gasteiger partial charge in [-0.3, -0.25) is 14.5 Å². The Morgan fingerprint density at radius 2 is 1.84 bits per heavy atom. The Labute approximate surface area is 258 Å². The van der Waals surface area contributed by atoms with Crippen molar-refractivity contribution >= 4 is 41.0 Å². The molecule has 10 heteroatoms. The monoisotopic (exact) mass is 612 g/mol. The second kappa shape index (κ2) is 12.4. The van der Waals surface area contributed by atoms with Crippen molar-refractivity contribution in [1.29, 1.82) is 0 Å². The highest BCUT2D eigenvalue weighted by molar-refractivity contribution is 8.00. The number of para-hydroxylation sites is 1. The highest BCUT2D eigenvalue weighted by atomic mass is 35.5. The predicted molar refractivity (Wildman–Crippen MR) is 169 cm³/mol. The first-order chi connectivity index (χ1) is 20.9. The molecule has 2 aromatic heterocycles. The molecule has 0 aliphatic carbocycles. The summed E-state index contributed by atoms with van der Waals surface area (Å²) in [7, 11) is 1.64. The highest BCUT2D eigenvalue weighted by Crippen LogP contribution is 2.50. The first-order valence-corrected chi connectivity index (χ1v) is 15.2. The number of nitrogens with one attached hydrogen (secondary N) is 1. The highest BCUT2D eigenvalue weighted by Gasteiger charge is 2.38. The Balaban J connectivity index is 1.56. The maximum absolute atomic E-state index is 13.9. The number of benzene rings is 3. The second-order valence-electron chi connectivity index (χ2n) is 10.1. The summed E-state index contributed by atoms with van der Waals surface area (Å²) in [6, 6.07) is 26.7. The third-order valence-electron chi connectivity index (χ3n) is 7.25. The number of thioether (sulfide) groups is 1. The molecule has 1 atom stereocenters. The summed E-state index contributed by atoms with van der Waals surface area (Å²) in [4.78, 5) is 28.8. The van der Waals surface area contributed by atoms with Crippen LogP contribution in [0.15, 0.2) is 95.6 Å². The fourth-order valence-electron chi connectivity index (χ4n) is 5.13. The first kappa shape index (κ1) is 28.6. The summed E-state index contributed by atoms with van der Waals surface area (Å²) in [5, 5.41) is 8.28. The van der Waals surface area contributed by atoms with Gasteiger partial charge in [-0.25, -0.2) is 4.68 Å². The predicted octanol–water partition coefficient (Wildman–Crippen LogP) is 6.59. The lowest BCUT2D eigenvalue weighted by molar-refractivity contribution is -0.123. The van der Waals surface area contributed by atoms with E-state index in [0.29, 0.717) is 28.0 Å². The van der Waals surface area contributed by atoms with Crippen LogP contribution >= 0.6 is 23.4 Å². The number of aryl methyl sites for hydroxylation is 1. The minimum Gasteiger partial charge on any atom is -0.496 e. The number of amides is 2. The van der Waals surface area contributed by atoms with E-state index in [4.69, 9.17) is 25.9 Å². The van der Waals surface area contributed by atoms with Gasteiger partial charge in [0.05, 0.1) is 42.3 Å². The maximum atomic E-state index is 13.9. The van der Waals surface area contributed by atoms with Crippen molar-refractivity contribution in [3.8, 4) is 22.7 Å². The van der Waals surface area contributed by atoms with Crippen LogP contribution < -0.4 is 15.0 Å². The van der Waals surface area contributed by atoms with Gasteiger partial charge in [-0.05, 0) is 49.4 Å². The van der Waals surface area contributed by atoms with Crippen molar-refractivity contribution in [2.45, 2.75) is 18.7 Å². The first-order valence-electron chi connectivity index (χ1n) is 13.7. The third kappa shape index (κ3) is 5.91. The lowest BCUT2D eigenvalue weighted by Crippen LogP contribution is -2.42. The number of rotatable bonds is 8. The summed E-state index contributed by atoms with van der Waals surface area (Å²) >= 11 is 7.75. The van der Waals surface area contributed by atoms with Gasteiger partial charge in [0.2, 0.25) is 11.8 Å². The van der Waals surface area contributed by atoms with Gasteiger partial charge in [0.25, 0.3) is 0 Å². The molecule has 6 rings (SSSR count). The second-order valence-corrected chi connectivity index (χ2v) is 11.6. The lowest BCUT2D eigenvalue weighted by Gasteiger charge is -2.23. The molecule has 0 spiro atoms. The number of nitrogens with zero attached hydrogens (tertiary/aromatic N) is 3. The topological polar surface area (TPSA) is 89.6 Å². The van der Waals surface area contributed by atoms with Gasteiger partial charge in [-0.15, -0.1) is 11.8 Å². The molecule has 5 aromatic rings. The Kier molecular flexibility index (Phi) is 8.26. The van der Waals surface area contributed by atoms with Crippen LogP contribution in [-0.2, 0) is 16.1 Å². The fourth-order valence-corrected chi connectivity index (χ4v) is 6.48. The van der Waals surface area contributed by atoms with Crippen molar-refractivity contribution in [3.63, 3.8) is 0 Å². The zero-order valence-electron chi connectivity index (χ0n) is 23.6. The van der Waals surface area contributed by atoms with E-state index >= 15 is 0 Å². The number of fused-ring (bicyclic) bond motifs is 1. The van der Waals surface area contributed by atoms with Gasteiger partial charge in [0.1, 0.15) is 23.9 Å². The molecule has 2 amide bonds. The molecule has 218 valence electrons. The molecule has 0 unspecified atom stereocenters. The molecule has 8 nitrogen and oxygen atoms in total. The summed E-state index contributed by atoms with van der Waals surface area (Å²) in [6.07, 6.45) is 1.56.